The lowest BCUT2D eigenvalue weighted by molar-refractivity contribution is -0.128. The molecule has 2 aromatic rings. The number of benzene rings is 1. The first-order chi connectivity index (χ1) is 11.1. The quantitative estimate of drug-likeness (QED) is 0.917. The van der Waals surface area contributed by atoms with Crippen molar-refractivity contribution in [2.45, 2.75) is 25.8 Å². The van der Waals surface area contributed by atoms with E-state index < -0.39 is 0 Å². The Morgan fingerprint density at radius 1 is 1.39 bits per heavy atom. The smallest absolute Gasteiger partial charge is 0.263 e. The Labute approximate surface area is 139 Å². The lowest BCUT2D eigenvalue weighted by atomic mass is 10.1. The van der Waals surface area contributed by atoms with Gasteiger partial charge in [0.15, 0.2) is 0 Å². The molecule has 2 amide bonds. The molecule has 1 aliphatic heterocycles. The zero-order valence-corrected chi connectivity index (χ0v) is 13.8. The average molecular weight is 329 g/mol. The van der Waals surface area contributed by atoms with Crippen LogP contribution in [0.15, 0.2) is 35.8 Å². The minimum Gasteiger partial charge on any atom is -0.343 e. The van der Waals surface area contributed by atoms with Gasteiger partial charge in [-0.1, -0.05) is 30.3 Å². The van der Waals surface area contributed by atoms with Crippen LogP contribution in [0.5, 0.6) is 0 Å². The highest BCUT2D eigenvalue weighted by Gasteiger charge is 2.26. The SMILES string of the molecule is Cc1ncsc1C(=O)NC(CN1CCCC1=O)c1ccccc1. The molecular weight excluding hydrogens is 310 g/mol. The van der Waals surface area contributed by atoms with Crippen LogP contribution < -0.4 is 5.32 Å². The number of rotatable bonds is 5. The monoisotopic (exact) mass is 329 g/mol. The van der Waals surface area contributed by atoms with Gasteiger partial charge < -0.3 is 10.2 Å². The van der Waals surface area contributed by atoms with Crippen molar-refractivity contribution in [1.29, 1.82) is 0 Å². The molecule has 1 fully saturated rings. The maximum Gasteiger partial charge on any atom is 0.263 e. The molecule has 0 saturated carbocycles. The molecule has 0 spiro atoms. The summed E-state index contributed by atoms with van der Waals surface area (Å²) >= 11 is 1.33. The van der Waals surface area contributed by atoms with E-state index in [1.165, 1.54) is 11.3 Å². The number of nitrogens with one attached hydrogen (secondary N) is 1. The number of hydrogen-bond donors (Lipinski definition) is 1. The van der Waals surface area contributed by atoms with Crippen molar-refractivity contribution in [2.75, 3.05) is 13.1 Å². The standard InChI is InChI=1S/C17H19N3O2S/c1-12-16(23-11-18-12)17(22)19-14(13-6-3-2-4-7-13)10-20-9-5-8-15(20)21/h2-4,6-7,11,14H,5,8-10H2,1H3,(H,19,22). The minimum absolute atomic E-state index is 0.134. The summed E-state index contributed by atoms with van der Waals surface area (Å²) in [6, 6.07) is 9.57. The minimum atomic E-state index is -0.216. The summed E-state index contributed by atoms with van der Waals surface area (Å²) in [6.07, 6.45) is 1.49. The molecule has 0 bridgehead atoms. The van der Waals surface area contributed by atoms with Gasteiger partial charge in [-0.2, -0.15) is 0 Å². The molecule has 1 atom stereocenters. The fourth-order valence-electron chi connectivity index (χ4n) is 2.78. The Hall–Kier alpha value is -2.21. The topological polar surface area (TPSA) is 62.3 Å². The molecule has 1 saturated heterocycles. The predicted molar refractivity (Wildman–Crippen MR) is 89.3 cm³/mol. The molecule has 1 N–H and O–H groups in total. The van der Waals surface area contributed by atoms with E-state index in [2.05, 4.69) is 10.3 Å². The highest BCUT2D eigenvalue weighted by Crippen LogP contribution is 2.20. The van der Waals surface area contributed by atoms with Gasteiger partial charge in [0.1, 0.15) is 4.88 Å². The third kappa shape index (κ3) is 3.59. The average Bonchev–Trinajstić information content (AvgIpc) is 3.16. The summed E-state index contributed by atoms with van der Waals surface area (Å²) in [5.74, 6) is 0.0275. The highest BCUT2D eigenvalue weighted by atomic mass is 32.1. The van der Waals surface area contributed by atoms with E-state index in [9.17, 15) is 9.59 Å². The molecule has 0 aliphatic carbocycles. The summed E-state index contributed by atoms with van der Waals surface area (Å²) in [5.41, 5.74) is 3.41. The first kappa shape index (κ1) is 15.7. The third-order valence-corrected chi connectivity index (χ3v) is 4.96. The molecule has 23 heavy (non-hydrogen) atoms. The second-order valence-electron chi connectivity index (χ2n) is 5.65. The second kappa shape index (κ2) is 6.91. The van der Waals surface area contributed by atoms with E-state index in [0.29, 0.717) is 17.8 Å². The van der Waals surface area contributed by atoms with Crippen molar-refractivity contribution in [1.82, 2.24) is 15.2 Å². The largest absolute Gasteiger partial charge is 0.343 e. The Morgan fingerprint density at radius 3 is 2.78 bits per heavy atom. The Morgan fingerprint density at radius 2 is 2.17 bits per heavy atom. The van der Waals surface area contributed by atoms with E-state index in [4.69, 9.17) is 0 Å². The van der Waals surface area contributed by atoms with Crippen molar-refractivity contribution in [2.24, 2.45) is 0 Å². The maximum absolute atomic E-state index is 12.5. The van der Waals surface area contributed by atoms with Gasteiger partial charge in [0.05, 0.1) is 17.2 Å². The van der Waals surface area contributed by atoms with E-state index >= 15 is 0 Å². The summed E-state index contributed by atoms with van der Waals surface area (Å²) in [6.45, 7) is 3.09. The van der Waals surface area contributed by atoms with Gasteiger partial charge in [-0.15, -0.1) is 11.3 Å². The van der Waals surface area contributed by atoms with Crippen molar-refractivity contribution < 1.29 is 9.59 Å². The van der Waals surface area contributed by atoms with Gasteiger partial charge in [-0.3, -0.25) is 9.59 Å². The van der Waals surface area contributed by atoms with Gasteiger partial charge >= 0.3 is 0 Å². The van der Waals surface area contributed by atoms with Crippen molar-refractivity contribution in [3.05, 3.63) is 52.0 Å². The molecule has 6 heteroatoms. The van der Waals surface area contributed by atoms with Crippen molar-refractivity contribution in [3.8, 4) is 0 Å². The number of aromatic nitrogens is 1. The van der Waals surface area contributed by atoms with E-state index in [-0.39, 0.29) is 17.9 Å². The summed E-state index contributed by atoms with van der Waals surface area (Å²) in [7, 11) is 0. The molecule has 0 radical (unpaired) electrons. The van der Waals surface area contributed by atoms with Crippen LogP contribution in [-0.2, 0) is 4.79 Å². The lowest BCUT2D eigenvalue weighted by Gasteiger charge is -2.25. The molecule has 1 aromatic heterocycles. The maximum atomic E-state index is 12.5. The van der Waals surface area contributed by atoms with Crippen LogP contribution in [0.3, 0.4) is 0 Å². The molecule has 1 aromatic carbocycles. The summed E-state index contributed by atoms with van der Waals surface area (Å²) in [5, 5.41) is 3.06. The van der Waals surface area contributed by atoms with E-state index in [0.717, 1.165) is 24.2 Å². The predicted octanol–water partition coefficient (Wildman–Crippen LogP) is 2.55. The van der Waals surface area contributed by atoms with Crippen LogP contribution in [0.2, 0.25) is 0 Å². The molecule has 1 unspecified atom stereocenters. The molecule has 3 rings (SSSR count). The Bertz CT molecular complexity index is 699. The molecular formula is C17H19N3O2S. The number of carbonyl (C=O) groups is 2. The van der Waals surface area contributed by atoms with Crippen LogP contribution in [0.4, 0.5) is 0 Å². The highest BCUT2D eigenvalue weighted by molar-refractivity contribution is 7.11. The van der Waals surface area contributed by atoms with E-state index in [1.807, 2.05) is 42.2 Å². The third-order valence-electron chi connectivity index (χ3n) is 4.03. The number of hydrogen-bond acceptors (Lipinski definition) is 4. The molecule has 120 valence electrons. The number of likely N-dealkylation sites (tertiary alicyclic amines) is 1. The summed E-state index contributed by atoms with van der Waals surface area (Å²) < 4.78 is 0. The van der Waals surface area contributed by atoms with Crippen LogP contribution in [-0.4, -0.2) is 34.8 Å². The van der Waals surface area contributed by atoms with Gasteiger partial charge in [0.25, 0.3) is 5.91 Å². The number of thiazole rings is 1. The van der Waals surface area contributed by atoms with Gasteiger partial charge in [0, 0.05) is 19.5 Å². The first-order valence-corrected chi connectivity index (χ1v) is 8.57. The fourth-order valence-corrected chi connectivity index (χ4v) is 3.49. The van der Waals surface area contributed by atoms with E-state index in [1.54, 1.807) is 5.51 Å². The summed E-state index contributed by atoms with van der Waals surface area (Å²) in [4.78, 5) is 31.0. The van der Waals surface area contributed by atoms with Gasteiger partial charge in [-0.25, -0.2) is 4.98 Å². The normalized spacial score (nSPS) is 15.7. The fraction of sp³-hybridized carbons (Fsp3) is 0.353. The molecule has 1 aliphatic rings. The van der Waals surface area contributed by atoms with Crippen molar-refractivity contribution in [3.63, 3.8) is 0 Å². The second-order valence-corrected chi connectivity index (χ2v) is 6.50. The number of nitrogens with zero attached hydrogens (tertiary/aromatic N) is 2. The van der Waals surface area contributed by atoms with Crippen LogP contribution in [0.1, 0.15) is 39.8 Å². The van der Waals surface area contributed by atoms with Crippen LogP contribution in [0, 0.1) is 6.92 Å². The number of amides is 2. The Kier molecular flexibility index (Phi) is 4.71. The lowest BCUT2D eigenvalue weighted by Crippen LogP contribution is -2.38. The van der Waals surface area contributed by atoms with Crippen molar-refractivity contribution >= 4 is 23.2 Å². The van der Waals surface area contributed by atoms with Gasteiger partial charge in [-0.05, 0) is 18.9 Å². The van der Waals surface area contributed by atoms with Crippen LogP contribution in [0.25, 0.3) is 0 Å². The van der Waals surface area contributed by atoms with Gasteiger partial charge in [0.2, 0.25) is 5.91 Å². The Balaban J connectivity index is 1.79. The van der Waals surface area contributed by atoms with Crippen LogP contribution >= 0.6 is 11.3 Å². The zero-order valence-electron chi connectivity index (χ0n) is 13.0. The molecule has 5 nitrogen and oxygen atoms in total. The first-order valence-electron chi connectivity index (χ1n) is 7.69. The number of aryl methyl sites for hydroxylation is 1. The zero-order chi connectivity index (χ0) is 16.2. The molecule has 2 heterocycles. The number of carbonyl (C=O) groups excluding carboxylic acids is 2.